The van der Waals surface area contributed by atoms with Gasteiger partial charge in [-0.25, -0.2) is 9.89 Å². The van der Waals surface area contributed by atoms with E-state index in [1.54, 1.807) is 4.90 Å². The van der Waals surface area contributed by atoms with Crippen LogP contribution in [-0.4, -0.2) is 44.9 Å². The molecule has 0 bridgehead atoms. The molecule has 2 aromatic carbocycles. The number of nitrogens with one attached hydrogen (secondary N) is 2. The Morgan fingerprint density at radius 1 is 1.14 bits per heavy atom. The van der Waals surface area contributed by atoms with Gasteiger partial charge < -0.3 is 4.90 Å². The number of carbonyl (C=O) groups excluding carboxylic acids is 2. The summed E-state index contributed by atoms with van der Waals surface area (Å²) in [4.78, 5) is 41.4. The highest BCUT2D eigenvalue weighted by Crippen LogP contribution is 2.34. The van der Waals surface area contributed by atoms with Crippen molar-refractivity contribution in [1.29, 1.82) is 0 Å². The Morgan fingerprint density at radius 3 is 2.76 bits per heavy atom. The predicted molar refractivity (Wildman–Crippen MR) is 108 cm³/mol. The Morgan fingerprint density at radius 2 is 1.97 bits per heavy atom. The van der Waals surface area contributed by atoms with E-state index in [4.69, 9.17) is 0 Å². The first-order valence-electron chi connectivity index (χ1n) is 10.1. The number of carbonyl (C=O) groups is 2. The molecule has 0 spiro atoms. The highest BCUT2D eigenvalue weighted by Gasteiger charge is 2.30. The zero-order valence-electron chi connectivity index (χ0n) is 16.0. The first-order chi connectivity index (χ1) is 14.1. The minimum Gasteiger partial charge on any atom is -0.342 e. The van der Waals surface area contributed by atoms with Crippen molar-refractivity contribution in [2.75, 3.05) is 13.1 Å². The van der Waals surface area contributed by atoms with Gasteiger partial charge >= 0.3 is 5.69 Å². The Balaban J connectivity index is 1.37. The number of ketones is 1. The van der Waals surface area contributed by atoms with Gasteiger partial charge in [0.1, 0.15) is 5.82 Å². The number of amides is 1. The predicted octanol–water partition coefficient (Wildman–Crippen LogP) is 2.01. The first-order valence-corrected chi connectivity index (χ1v) is 10.1. The number of likely N-dealkylation sites (tertiary alicyclic amines) is 1. The van der Waals surface area contributed by atoms with Crippen LogP contribution in [0.2, 0.25) is 0 Å². The van der Waals surface area contributed by atoms with E-state index in [2.05, 4.69) is 27.3 Å². The summed E-state index contributed by atoms with van der Waals surface area (Å²) in [5, 5.41) is 8.35. The molecule has 1 unspecified atom stereocenters. The number of Topliss-reactive ketones (excluding diaryl/α,β-unsaturated/α-hetero) is 1. The summed E-state index contributed by atoms with van der Waals surface area (Å²) in [7, 11) is 0. The van der Waals surface area contributed by atoms with Gasteiger partial charge in [-0.2, -0.15) is 5.10 Å². The summed E-state index contributed by atoms with van der Waals surface area (Å²) in [6.45, 7) is 1.04. The van der Waals surface area contributed by atoms with Gasteiger partial charge in [0, 0.05) is 24.6 Å². The van der Waals surface area contributed by atoms with Crippen LogP contribution in [0, 0.1) is 5.92 Å². The molecule has 1 amide bonds. The summed E-state index contributed by atoms with van der Waals surface area (Å²) in [5.41, 5.74) is 2.98. The number of aryl methyl sites for hydroxylation is 2. The van der Waals surface area contributed by atoms with Crippen molar-refractivity contribution in [2.24, 2.45) is 5.92 Å². The summed E-state index contributed by atoms with van der Waals surface area (Å²) >= 11 is 0. The molecule has 1 fully saturated rings. The minimum atomic E-state index is -0.424. The molecule has 29 heavy (non-hydrogen) atoms. The largest absolute Gasteiger partial charge is 0.342 e. The van der Waals surface area contributed by atoms with Gasteiger partial charge in [0.05, 0.1) is 6.42 Å². The third kappa shape index (κ3) is 3.16. The van der Waals surface area contributed by atoms with E-state index < -0.39 is 5.69 Å². The van der Waals surface area contributed by atoms with Crippen LogP contribution in [0.4, 0.5) is 0 Å². The Kier molecular flexibility index (Phi) is 4.30. The topological polar surface area (TPSA) is 98.9 Å². The molecular weight excluding hydrogens is 368 g/mol. The molecule has 1 aliphatic heterocycles. The summed E-state index contributed by atoms with van der Waals surface area (Å²) < 4.78 is 0. The van der Waals surface area contributed by atoms with Gasteiger partial charge in [0.25, 0.3) is 0 Å². The summed E-state index contributed by atoms with van der Waals surface area (Å²) in [6.07, 6.45) is 3.67. The van der Waals surface area contributed by atoms with Crippen LogP contribution in [0.1, 0.15) is 40.2 Å². The second-order valence-corrected chi connectivity index (χ2v) is 7.96. The first kappa shape index (κ1) is 17.8. The van der Waals surface area contributed by atoms with E-state index in [0.29, 0.717) is 18.9 Å². The minimum absolute atomic E-state index is 0.0284. The number of hydrogen-bond acceptors (Lipinski definition) is 4. The zero-order valence-corrected chi connectivity index (χ0v) is 16.0. The number of piperidine rings is 1. The lowest BCUT2D eigenvalue weighted by Gasteiger charge is -2.32. The van der Waals surface area contributed by atoms with Crippen molar-refractivity contribution >= 4 is 22.5 Å². The van der Waals surface area contributed by atoms with Gasteiger partial charge in [-0.05, 0) is 47.6 Å². The average molecular weight is 390 g/mol. The van der Waals surface area contributed by atoms with Crippen LogP contribution < -0.4 is 5.69 Å². The molecule has 1 saturated heterocycles. The molecular formula is C22H22N4O3. The van der Waals surface area contributed by atoms with Crippen LogP contribution in [0.3, 0.4) is 0 Å². The maximum atomic E-state index is 13.4. The maximum Gasteiger partial charge on any atom is 0.340 e. The molecule has 148 valence electrons. The molecule has 7 nitrogen and oxygen atoms in total. The molecule has 2 aliphatic rings. The zero-order chi connectivity index (χ0) is 20.0. The maximum absolute atomic E-state index is 13.4. The van der Waals surface area contributed by atoms with E-state index >= 15 is 0 Å². The third-order valence-electron chi connectivity index (χ3n) is 6.16. The number of H-pyrrole nitrogens is 2. The Hall–Kier alpha value is -3.22. The standard InChI is InChI=1S/C22H22N4O3/c27-19(11-18-23-22(29)25-24-18)26-10-2-4-15(12-26)21(28)17-9-8-14-7-6-13-3-1-5-16(17)20(13)14/h1,3,5,8-9,15H,2,4,6-7,10-12H2,(H2,23,24,25,29). The van der Waals surface area contributed by atoms with Crippen LogP contribution in [0.15, 0.2) is 35.1 Å². The number of aromatic nitrogens is 3. The molecule has 1 aromatic heterocycles. The van der Waals surface area contributed by atoms with Crippen molar-refractivity contribution in [3.8, 4) is 0 Å². The van der Waals surface area contributed by atoms with Crippen molar-refractivity contribution in [1.82, 2.24) is 20.1 Å². The number of nitrogens with zero attached hydrogens (tertiary/aromatic N) is 2. The van der Waals surface area contributed by atoms with E-state index in [9.17, 15) is 14.4 Å². The molecule has 5 rings (SSSR count). The molecule has 3 aromatic rings. The van der Waals surface area contributed by atoms with Crippen molar-refractivity contribution in [3.05, 3.63) is 63.3 Å². The fourth-order valence-corrected chi connectivity index (χ4v) is 4.74. The van der Waals surface area contributed by atoms with Gasteiger partial charge in [-0.1, -0.05) is 30.3 Å². The normalized spacial score (nSPS) is 18.3. The Bertz CT molecular complexity index is 1170. The molecule has 1 atom stereocenters. The van der Waals surface area contributed by atoms with E-state index in [-0.39, 0.29) is 24.0 Å². The van der Waals surface area contributed by atoms with Crippen LogP contribution >= 0.6 is 0 Å². The fourth-order valence-electron chi connectivity index (χ4n) is 4.74. The SMILES string of the molecule is O=C(c1ccc2c3c(cccc13)CC2)C1CCCN(C(=O)Cc2n[nH]c(=O)[nH]2)C1. The van der Waals surface area contributed by atoms with Crippen LogP contribution in [0.25, 0.3) is 10.8 Å². The van der Waals surface area contributed by atoms with Crippen LogP contribution in [-0.2, 0) is 24.1 Å². The molecule has 1 aliphatic carbocycles. The number of benzene rings is 2. The summed E-state index contributed by atoms with van der Waals surface area (Å²) in [6, 6.07) is 10.3. The van der Waals surface area contributed by atoms with Crippen LogP contribution in [0.5, 0.6) is 0 Å². The number of hydrogen-bond donors (Lipinski definition) is 2. The Labute approximate surface area is 167 Å². The lowest BCUT2D eigenvalue weighted by Crippen LogP contribution is -2.43. The van der Waals surface area contributed by atoms with Gasteiger partial charge in [-0.15, -0.1) is 0 Å². The highest BCUT2D eigenvalue weighted by atomic mass is 16.2. The van der Waals surface area contributed by atoms with Crippen molar-refractivity contribution < 1.29 is 9.59 Å². The lowest BCUT2D eigenvalue weighted by molar-refractivity contribution is -0.132. The van der Waals surface area contributed by atoms with Gasteiger partial charge in [0.15, 0.2) is 5.78 Å². The lowest BCUT2D eigenvalue weighted by atomic mass is 9.87. The monoisotopic (exact) mass is 390 g/mol. The van der Waals surface area contributed by atoms with Crippen molar-refractivity contribution in [3.63, 3.8) is 0 Å². The van der Waals surface area contributed by atoms with Crippen molar-refractivity contribution in [2.45, 2.75) is 32.1 Å². The summed E-state index contributed by atoms with van der Waals surface area (Å²) in [5.74, 6) is 0.113. The number of rotatable bonds is 4. The molecule has 2 N–H and O–H groups in total. The molecule has 7 heteroatoms. The molecule has 0 saturated carbocycles. The van der Waals surface area contributed by atoms with Gasteiger partial charge in [0.2, 0.25) is 5.91 Å². The second kappa shape index (κ2) is 6.99. The molecule has 0 radical (unpaired) electrons. The van der Waals surface area contributed by atoms with Gasteiger partial charge in [-0.3, -0.25) is 14.6 Å². The highest BCUT2D eigenvalue weighted by molar-refractivity contribution is 6.11. The third-order valence-corrected chi connectivity index (χ3v) is 6.16. The molecule has 2 heterocycles. The van der Waals surface area contributed by atoms with E-state index in [0.717, 1.165) is 36.6 Å². The fraction of sp³-hybridized carbons (Fsp3) is 0.364. The number of aromatic amines is 2. The quantitative estimate of drug-likeness (QED) is 0.666. The van der Waals surface area contributed by atoms with E-state index in [1.807, 2.05) is 18.2 Å². The van der Waals surface area contributed by atoms with E-state index in [1.165, 1.54) is 16.5 Å². The second-order valence-electron chi connectivity index (χ2n) is 7.96. The average Bonchev–Trinajstić information content (AvgIpc) is 3.35. The smallest absolute Gasteiger partial charge is 0.340 e.